The first-order valence-electron chi connectivity index (χ1n) is 11.9. The van der Waals surface area contributed by atoms with Crippen LogP contribution in [0.4, 0.5) is 5.13 Å². The van der Waals surface area contributed by atoms with E-state index < -0.39 is 11.9 Å². The van der Waals surface area contributed by atoms with Crippen LogP contribution in [0.15, 0.2) is 53.1 Å². The molecule has 0 bridgehead atoms. The molecule has 0 radical (unpaired) electrons. The fourth-order valence-electron chi connectivity index (χ4n) is 3.91. The summed E-state index contributed by atoms with van der Waals surface area (Å²) >= 11 is 0.839. The van der Waals surface area contributed by atoms with Gasteiger partial charge in [-0.1, -0.05) is 11.3 Å². The maximum atomic E-state index is 13.0. The quantitative estimate of drug-likeness (QED) is 0.311. The number of hydrogen-bond acceptors (Lipinski definition) is 10. The van der Waals surface area contributed by atoms with E-state index >= 15 is 0 Å². The Morgan fingerprint density at radius 1 is 1.15 bits per heavy atom. The summed E-state index contributed by atoms with van der Waals surface area (Å²) < 4.78 is 17.4. The van der Waals surface area contributed by atoms with E-state index in [1.54, 1.807) is 49.2 Å². The lowest BCUT2D eigenvalue weighted by Gasteiger charge is -2.14. The molecule has 1 unspecified atom stereocenters. The van der Waals surface area contributed by atoms with Gasteiger partial charge in [-0.25, -0.2) is 9.78 Å². The molecule has 200 valence electrons. The number of aromatic carboxylic acids is 1. The number of carboxylic acids is 1. The molecular formula is C26H23N5O7S. The Balaban J connectivity index is 1.36. The number of ether oxygens (including phenoxy) is 2. The third-order valence-corrected chi connectivity index (χ3v) is 6.83. The third-order valence-electron chi connectivity index (χ3n) is 5.93. The van der Waals surface area contributed by atoms with E-state index in [0.29, 0.717) is 42.0 Å². The fraction of sp³-hybridized carbons (Fsp3) is 0.231. The SMILES string of the molecule is Cc1nnc(-c2ccc(Oc3cc(OCC4CCN(C)C4=O)cc(C(=O)Nc4ncc(C(=O)O)s4)c3)cc2)o1. The molecule has 1 fully saturated rings. The van der Waals surface area contributed by atoms with Crippen molar-refractivity contribution in [3.8, 4) is 28.7 Å². The number of aromatic nitrogens is 3. The number of aryl methyl sites for hydroxylation is 1. The summed E-state index contributed by atoms with van der Waals surface area (Å²) in [6.45, 7) is 2.52. The average Bonchev–Trinajstić information content (AvgIpc) is 3.65. The molecule has 1 aliphatic rings. The van der Waals surface area contributed by atoms with Crippen LogP contribution in [-0.4, -0.2) is 63.2 Å². The van der Waals surface area contributed by atoms with Gasteiger partial charge in [0.25, 0.3) is 5.91 Å². The van der Waals surface area contributed by atoms with Gasteiger partial charge in [0.05, 0.1) is 18.7 Å². The zero-order valence-corrected chi connectivity index (χ0v) is 21.7. The van der Waals surface area contributed by atoms with Crippen molar-refractivity contribution in [1.29, 1.82) is 0 Å². The molecule has 0 spiro atoms. The number of hydrogen-bond donors (Lipinski definition) is 2. The van der Waals surface area contributed by atoms with Gasteiger partial charge in [-0.2, -0.15) is 0 Å². The van der Waals surface area contributed by atoms with Crippen molar-refractivity contribution in [3.05, 3.63) is 65.0 Å². The highest BCUT2D eigenvalue weighted by molar-refractivity contribution is 7.17. The number of nitrogens with zero attached hydrogens (tertiary/aromatic N) is 4. The van der Waals surface area contributed by atoms with E-state index in [-0.39, 0.29) is 34.0 Å². The third kappa shape index (κ3) is 6.04. The molecule has 3 heterocycles. The summed E-state index contributed by atoms with van der Waals surface area (Å²) in [5.74, 6) is 0.0449. The highest BCUT2D eigenvalue weighted by Crippen LogP contribution is 2.31. The van der Waals surface area contributed by atoms with Gasteiger partial charge in [-0.15, -0.1) is 10.2 Å². The van der Waals surface area contributed by atoms with Crippen LogP contribution in [0, 0.1) is 12.8 Å². The first-order chi connectivity index (χ1) is 18.7. The normalized spacial score (nSPS) is 14.9. The van der Waals surface area contributed by atoms with Crippen molar-refractivity contribution in [2.45, 2.75) is 13.3 Å². The molecule has 39 heavy (non-hydrogen) atoms. The molecule has 2 amide bonds. The van der Waals surface area contributed by atoms with Gasteiger partial charge in [0.15, 0.2) is 5.13 Å². The van der Waals surface area contributed by atoms with E-state index in [0.717, 1.165) is 16.9 Å². The van der Waals surface area contributed by atoms with Crippen molar-refractivity contribution in [3.63, 3.8) is 0 Å². The van der Waals surface area contributed by atoms with Crippen LogP contribution in [0.2, 0.25) is 0 Å². The Labute approximate surface area is 226 Å². The summed E-state index contributed by atoms with van der Waals surface area (Å²) in [4.78, 5) is 42.0. The van der Waals surface area contributed by atoms with Crippen molar-refractivity contribution >= 4 is 34.3 Å². The second-order valence-corrected chi connectivity index (χ2v) is 9.82. The monoisotopic (exact) mass is 549 g/mol. The number of carbonyl (C=O) groups is 3. The number of anilines is 1. The standard InChI is InChI=1S/C26H23N5O7S/c1-14-29-30-23(37-14)15-3-5-18(6-4-15)38-20-10-17(22(32)28-26-27-12-21(39-26)25(34)35)9-19(11-20)36-13-16-7-8-31(2)24(16)33/h3-6,9-12,16H,7-8,13H2,1-2H3,(H,34,35)(H,27,28,32). The molecule has 1 aliphatic heterocycles. The van der Waals surface area contributed by atoms with Crippen LogP contribution in [0.25, 0.3) is 11.5 Å². The number of carbonyl (C=O) groups excluding carboxylic acids is 2. The van der Waals surface area contributed by atoms with Crippen molar-refractivity contribution in [2.24, 2.45) is 5.92 Å². The lowest BCUT2D eigenvalue weighted by atomic mass is 10.1. The molecular weight excluding hydrogens is 526 g/mol. The van der Waals surface area contributed by atoms with Gasteiger partial charge in [-0.05, 0) is 42.8 Å². The van der Waals surface area contributed by atoms with Gasteiger partial charge in [0.1, 0.15) is 22.1 Å². The first kappa shape index (κ1) is 25.9. The minimum atomic E-state index is -1.13. The molecule has 0 saturated carbocycles. The predicted molar refractivity (Wildman–Crippen MR) is 139 cm³/mol. The van der Waals surface area contributed by atoms with Crippen molar-refractivity contribution < 1.29 is 33.4 Å². The van der Waals surface area contributed by atoms with Gasteiger partial charge in [0, 0.05) is 37.7 Å². The Kier molecular flexibility index (Phi) is 7.23. The summed E-state index contributed by atoms with van der Waals surface area (Å²) in [6.07, 6.45) is 1.85. The van der Waals surface area contributed by atoms with Crippen LogP contribution in [-0.2, 0) is 4.79 Å². The van der Waals surface area contributed by atoms with E-state index in [2.05, 4.69) is 20.5 Å². The minimum Gasteiger partial charge on any atom is -0.493 e. The Hall–Kier alpha value is -4.78. The summed E-state index contributed by atoms with van der Waals surface area (Å²) in [5.41, 5.74) is 0.915. The Morgan fingerprint density at radius 3 is 2.56 bits per heavy atom. The molecule has 1 saturated heterocycles. The highest BCUT2D eigenvalue weighted by Gasteiger charge is 2.29. The predicted octanol–water partition coefficient (Wildman–Crippen LogP) is 4.10. The molecule has 2 aromatic heterocycles. The van der Waals surface area contributed by atoms with E-state index in [1.165, 1.54) is 18.3 Å². The maximum absolute atomic E-state index is 13.0. The van der Waals surface area contributed by atoms with Gasteiger partial charge in [0.2, 0.25) is 17.7 Å². The van der Waals surface area contributed by atoms with Crippen LogP contribution in [0.1, 0.15) is 32.3 Å². The van der Waals surface area contributed by atoms with Gasteiger partial charge < -0.3 is 23.9 Å². The molecule has 0 aliphatic carbocycles. The molecule has 2 aromatic carbocycles. The van der Waals surface area contributed by atoms with Crippen molar-refractivity contribution in [1.82, 2.24) is 20.1 Å². The second kappa shape index (κ2) is 10.9. The molecule has 5 rings (SSSR count). The number of nitrogens with one attached hydrogen (secondary N) is 1. The molecule has 13 heteroatoms. The molecule has 4 aromatic rings. The Morgan fingerprint density at radius 2 is 1.92 bits per heavy atom. The van der Waals surface area contributed by atoms with E-state index in [9.17, 15) is 14.4 Å². The number of amides is 2. The number of likely N-dealkylation sites (tertiary alicyclic amines) is 1. The average molecular weight is 550 g/mol. The first-order valence-corrected chi connectivity index (χ1v) is 12.7. The molecule has 1 atom stereocenters. The second-order valence-electron chi connectivity index (χ2n) is 8.79. The maximum Gasteiger partial charge on any atom is 0.347 e. The smallest absolute Gasteiger partial charge is 0.347 e. The lowest BCUT2D eigenvalue weighted by Crippen LogP contribution is -2.25. The number of rotatable bonds is 9. The van der Waals surface area contributed by atoms with E-state index in [4.69, 9.17) is 19.0 Å². The molecule has 2 N–H and O–H groups in total. The van der Waals surface area contributed by atoms with Crippen LogP contribution in [0.3, 0.4) is 0 Å². The van der Waals surface area contributed by atoms with Crippen molar-refractivity contribution in [2.75, 3.05) is 25.5 Å². The van der Waals surface area contributed by atoms with Gasteiger partial charge in [-0.3, -0.25) is 14.9 Å². The topological polar surface area (TPSA) is 157 Å². The molecule has 12 nitrogen and oxygen atoms in total. The fourth-order valence-corrected chi connectivity index (χ4v) is 4.56. The number of carboxylic acid groups (broad SMARTS) is 1. The lowest BCUT2D eigenvalue weighted by molar-refractivity contribution is -0.130. The Bertz CT molecular complexity index is 1530. The zero-order valence-electron chi connectivity index (χ0n) is 20.9. The van der Waals surface area contributed by atoms with E-state index in [1.807, 2.05) is 0 Å². The van der Waals surface area contributed by atoms with Crippen LogP contribution in [0.5, 0.6) is 17.2 Å². The van der Waals surface area contributed by atoms with Gasteiger partial charge >= 0.3 is 5.97 Å². The largest absolute Gasteiger partial charge is 0.493 e. The number of thiazole rings is 1. The zero-order chi connectivity index (χ0) is 27.5. The number of benzene rings is 2. The highest BCUT2D eigenvalue weighted by atomic mass is 32.1. The summed E-state index contributed by atoms with van der Waals surface area (Å²) in [5, 5.41) is 19.7. The minimum absolute atomic E-state index is 0.00302. The van der Waals surface area contributed by atoms with Crippen LogP contribution >= 0.6 is 11.3 Å². The summed E-state index contributed by atoms with van der Waals surface area (Å²) in [6, 6.07) is 11.6. The van der Waals surface area contributed by atoms with Crippen LogP contribution < -0.4 is 14.8 Å². The summed E-state index contributed by atoms with van der Waals surface area (Å²) in [7, 11) is 1.75.